The predicted octanol–water partition coefficient (Wildman–Crippen LogP) is 14.5. The fraction of sp³-hybridized carbons (Fsp3) is 0.548. The fourth-order valence-corrected chi connectivity index (χ4v) is 11.9. The van der Waals surface area contributed by atoms with Gasteiger partial charge in [0.1, 0.15) is 29.1 Å². The normalized spacial score (nSPS) is 23.6. The van der Waals surface area contributed by atoms with Crippen LogP contribution in [-0.4, -0.2) is 78.1 Å². The molecule has 12 heteroatoms. The van der Waals surface area contributed by atoms with Gasteiger partial charge in [-0.15, -0.1) is 6.58 Å². The molecular weight excluding hydrogens is 936 g/mol. The molecule has 1 saturated heterocycles. The van der Waals surface area contributed by atoms with Gasteiger partial charge in [0.15, 0.2) is 0 Å². The summed E-state index contributed by atoms with van der Waals surface area (Å²) < 4.78 is 48.4. The number of nitrogens with zero attached hydrogens (tertiary/aromatic N) is 2. The molecule has 8 rings (SSSR count). The molecule has 0 aromatic heterocycles. The molecular formula is C62H81FN2O9. The number of carbonyl (C=O) groups is 1. The van der Waals surface area contributed by atoms with Gasteiger partial charge >= 0.3 is 6.09 Å². The summed E-state index contributed by atoms with van der Waals surface area (Å²) in [5, 5.41) is 27.4. The van der Waals surface area contributed by atoms with Crippen molar-refractivity contribution >= 4 is 22.6 Å². The van der Waals surface area contributed by atoms with Crippen LogP contribution in [0.5, 0.6) is 17.2 Å². The lowest BCUT2D eigenvalue weighted by Gasteiger charge is -2.60. The number of allylic oxidation sites excluding steroid dienone is 1. The Bertz CT molecular complexity index is 2460. The minimum Gasteiger partial charge on any atom is -0.459 e. The Morgan fingerprint density at radius 2 is 1.55 bits per heavy atom. The smallest absolute Gasteiger partial charge is 0.410 e. The summed E-state index contributed by atoms with van der Waals surface area (Å²) in [6, 6.07) is 25.7. The largest absolute Gasteiger partial charge is 0.459 e. The summed E-state index contributed by atoms with van der Waals surface area (Å²) >= 11 is 0. The van der Waals surface area contributed by atoms with E-state index in [-0.39, 0.29) is 63.0 Å². The van der Waals surface area contributed by atoms with Crippen LogP contribution < -0.4 is 9.47 Å². The van der Waals surface area contributed by atoms with Crippen LogP contribution in [0.25, 0.3) is 10.8 Å². The first kappa shape index (κ1) is 55.0. The highest BCUT2D eigenvalue weighted by atomic mass is 19.1. The molecule has 11 nitrogen and oxygen atoms in total. The van der Waals surface area contributed by atoms with Crippen LogP contribution in [-0.2, 0) is 25.6 Å². The molecule has 2 heterocycles. The molecule has 74 heavy (non-hydrogen) atoms. The van der Waals surface area contributed by atoms with Crippen LogP contribution in [0.1, 0.15) is 152 Å². The van der Waals surface area contributed by atoms with Gasteiger partial charge in [0.25, 0.3) is 0 Å². The van der Waals surface area contributed by atoms with Gasteiger partial charge in [0.2, 0.25) is 12.1 Å². The number of amides is 1. The van der Waals surface area contributed by atoms with Crippen molar-refractivity contribution in [2.24, 2.45) is 22.9 Å². The van der Waals surface area contributed by atoms with Crippen molar-refractivity contribution in [3.05, 3.63) is 126 Å². The lowest BCUT2D eigenvalue weighted by molar-refractivity contribution is -0.256. The van der Waals surface area contributed by atoms with Gasteiger partial charge in [-0.1, -0.05) is 137 Å². The highest BCUT2D eigenvalue weighted by Gasteiger charge is 2.66. The van der Waals surface area contributed by atoms with E-state index in [9.17, 15) is 14.6 Å². The van der Waals surface area contributed by atoms with Gasteiger partial charge in [-0.2, -0.15) is 0 Å². The molecule has 0 bridgehead atoms. The molecule has 1 amide bonds. The van der Waals surface area contributed by atoms with Crippen LogP contribution in [0.3, 0.4) is 0 Å². The Kier molecular flexibility index (Phi) is 20.8. The van der Waals surface area contributed by atoms with Gasteiger partial charge in [0, 0.05) is 44.1 Å². The number of unbranched alkanes of at least 4 members (excludes halogenated alkanes) is 11. The Labute approximate surface area is 439 Å². The monoisotopic (exact) mass is 1020 g/mol. The summed E-state index contributed by atoms with van der Waals surface area (Å²) in [6.07, 6.45) is 21.8. The number of benzene rings is 4. The molecule has 4 aromatic carbocycles. The van der Waals surface area contributed by atoms with Gasteiger partial charge in [0.05, 0.1) is 31.5 Å². The molecule has 0 radical (unpaired) electrons. The van der Waals surface area contributed by atoms with Crippen molar-refractivity contribution in [3.63, 3.8) is 0 Å². The van der Waals surface area contributed by atoms with Gasteiger partial charge in [-0.25, -0.2) is 9.18 Å². The van der Waals surface area contributed by atoms with E-state index in [0.29, 0.717) is 54.4 Å². The van der Waals surface area contributed by atoms with E-state index < -0.39 is 30.1 Å². The average Bonchev–Trinajstić information content (AvgIpc) is 3.42. The predicted molar refractivity (Wildman–Crippen MR) is 289 cm³/mol. The van der Waals surface area contributed by atoms with Gasteiger partial charge in [-0.05, 0) is 121 Å². The third kappa shape index (κ3) is 14.0. The number of oxime groups is 1. The standard InChI is InChI=1S/C62H81FN2O9/c1-3-5-6-7-8-9-10-11-12-20-39-70-61(68)65(44-45-27-30-49(63)31-28-45)57-43-55(64-74-58-26-17-21-38-69-58)53-41-48(24-15-18-35-66)52(25-16-19-36-67)59-54-42-51(72-50-32-29-46-22-13-14-23-47(46)40-50)33-34-56(54)73-62(57,60(53)59)71-37-4-2/h4,13-14,22-23,27-34,40-42,48,52,57-60,66-67H,2-3,5-12,15-21,24-26,35-39,43-44H2,1H3. The minimum absolute atomic E-state index is 0.00991. The number of aliphatic hydroxyl groups is 2. The molecule has 4 aromatic rings. The Morgan fingerprint density at radius 3 is 2.28 bits per heavy atom. The molecule has 2 aliphatic carbocycles. The third-order valence-electron chi connectivity index (χ3n) is 15.6. The number of halogens is 1. The lowest BCUT2D eigenvalue weighted by Crippen LogP contribution is -2.70. The van der Waals surface area contributed by atoms with Crippen molar-refractivity contribution < 1.29 is 47.9 Å². The Morgan fingerprint density at radius 1 is 0.838 bits per heavy atom. The second-order valence-corrected chi connectivity index (χ2v) is 20.8. The van der Waals surface area contributed by atoms with Crippen molar-refractivity contribution in [2.75, 3.05) is 33.0 Å². The highest BCUT2D eigenvalue weighted by Crippen LogP contribution is 2.62. The molecule has 0 spiro atoms. The maximum Gasteiger partial charge on any atom is 0.410 e. The van der Waals surface area contributed by atoms with Gasteiger partial charge < -0.3 is 38.7 Å². The molecule has 7 unspecified atom stereocenters. The summed E-state index contributed by atoms with van der Waals surface area (Å²) in [5.41, 5.74) is 3.25. The van der Waals surface area contributed by atoms with Crippen LogP contribution in [0.15, 0.2) is 114 Å². The average molecular weight is 1020 g/mol. The van der Waals surface area contributed by atoms with Crippen molar-refractivity contribution in [1.82, 2.24) is 4.90 Å². The second-order valence-electron chi connectivity index (χ2n) is 20.8. The van der Waals surface area contributed by atoms with E-state index in [1.165, 1.54) is 50.7 Å². The number of carbonyl (C=O) groups excluding carboxylic acids is 1. The molecule has 2 fully saturated rings. The molecule has 4 aliphatic rings. The number of rotatable bonds is 29. The molecule has 2 N–H and O–H groups in total. The number of hydrogen-bond donors (Lipinski definition) is 2. The van der Waals surface area contributed by atoms with Crippen LogP contribution in [0, 0.1) is 23.6 Å². The zero-order valence-corrected chi connectivity index (χ0v) is 43.8. The number of hydrogen-bond acceptors (Lipinski definition) is 10. The maximum absolute atomic E-state index is 15.1. The zero-order valence-electron chi connectivity index (χ0n) is 43.8. The Balaban J connectivity index is 1.23. The summed E-state index contributed by atoms with van der Waals surface area (Å²) in [7, 11) is 0. The van der Waals surface area contributed by atoms with Gasteiger partial charge in [-0.3, -0.25) is 4.90 Å². The summed E-state index contributed by atoms with van der Waals surface area (Å²) in [5.74, 6) is -0.682. The number of aliphatic hydroxyl groups excluding tert-OH is 2. The van der Waals surface area contributed by atoms with E-state index in [2.05, 4.69) is 43.8 Å². The van der Waals surface area contributed by atoms with E-state index in [0.717, 1.165) is 86.1 Å². The maximum atomic E-state index is 15.1. The lowest BCUT2D eigenvalue weighted by atomic mass is 9.55. The SMILES string of the molecule is C=CCOC12Oc3ccc(Oc4ccc5ccccc5c4)cc3C3C(CCCCO)C(CCCCO)C=C(C(=NOC4CCCCO4)CC1N(Cc1ccc(F)cc1)C(=O)OCCCCCCCCCCCC)C32. The molecule has 2 aliphatic heterocycles. The summed E-state index contributed by atoms with van der Waals surface area (Å²) in [6.45, 7) is 7.53. The molecule has 400 valence electrons. The van der Waals surface area contributed by atoms with Crippen LogP contribution >= 0.6 is 0 Å². The molecule has 1 saturated carbocycles. The number of fused-ring (bicyclic) bond motifs is 3. The summed E-state index contributed by atoms with van der Waals surface area (Å²) in [4.78, 5) is 23.2. The first-order valence-electron chi connectivity index (χ1n) is 28.1. The van der Waals surface area contributed by atoms with E-state index in [1.54, 1.807) is 23.1 Å². The fourth-order valence-electron chi connectivity index (χ4n) is 11.9. The van der Waals surface area contributed by atoms with Crippen molar-refractivity contribution in [1.29, 1.82) is 0 Å². The number of ether oxygens (including phenoxy) is 5. The Hall–Kier alpha value is -5.27. The van der Waals surface area contributed by atoms with Crippen LogP contribution in [0.4, 0.5) is 9.18 Å². The van der Waals surface area contributed by atoms with Crippen molar-refractivity contribution in [2.45, 2.75) is 166 Å². The first-order valence-corrected chi connectivity index (χ1v) is 28.1. The minimum atomic E-state index is -1.51. The zero-order chi connectivity index (χ0) is 51.5. The third-order valence-corrected chi connectivity index (χ3v) is 15.6. The quantitative estimate of drug-likeness (QED) is 0.0310. The topological polar surface area (TPSA) is 129 Å². The second kappa shape index (κ2) is 28.0. The van der Waals surface area contributed by atoms with Crippen LogP contribution in [0.2, 0.25) is 0 Å². The van der Waals surface area contributed by atoms with E-state index >= 15 is 4.79 Å². The highest BCUT2D eigenvalue weighted by molar-refractivity contribution is 6.03. The molecule has 7 atom stereocenters. The van der Waals surface area contributed by atoms with Crippen molar-refractivity contribution in [3.8, 4) is 17.2 Å². The first-order chi connectivity index (χ1) is 36.3. The van der Waals surface area contributed by atoms with E-state index in [4.69, 9.17) is 33.7 Å². The van der Waals surface area contributed by atoms with E-state index in [1.807, 2.05) is 36.4 Å².